The Bertz CT molecular complexity index is 1020. The molecule has 4 rings (SSSR count). The molecule has 1 amide bonds. The molecular formula is C19H19N4O3. The van der Waals surface area contributed by atoms with Gasteiger partial charge in [0.2, 0.25) is 0 Å². The highest BCUT2D eigenvalue weighted by atomic mass is 16.5. The molecule has 0 atom stereocenters. The zero-order valence-electron chi connectivity index (χ0n) is 14.2. The van der Waals surface area contributed by atoms with Crippen molar-refractivity contribution in [2.75, 3.05) is 26.3 Å². The molecule has 7 heteroatoms. The first-order chi connectivity index (χ1) is 12.6. The molecule has 7 nitrogen and oxygen atoms in total. The van der Waals surface area contributed by atoms with E-state index in [1.54, 1.807) is 0 Å². The average Bonchev–Trinajstić information content (AvgIpc) is 3.05. The molecule has 2 aromatic heterocycles. The predicted octanol–water partition coefficient (Wildman–Crippen LogP) is 1.25. The maximum atomic E-state index is 12.2. The maximum Gasteiger partial charge on any atom is 0.265 e. The van der Waals surface area contributed by atoms with Crippen molar-refractivity contribution in [1.82, 2.24) is 14.9 Å². The van der Waals surface area contributed by atoms with Gasteiger partial charge in [-0.3, -0.25) is 14.5 Å². The predicted molar refractivity (Wildman–Crippen MR) is 97.8 cm³/mol. The third kappa shape index (κ3) is 3.26. The number of H-pyrrole nitrogens is 2. The monoisotopic (exact) mass is 351 g/mol. The number of pyridine rings is 1. The first kappa shape index (κ1) is 16.6. The Morgan fingerprint density at radius 1 is 1.23 bits per heavy atom. The number of carbonyl (C=O) groups is 1. The molecule has 3 aromatic rings. The van der Waals surface area contributed by atoms with Crippen LogP contribution < -0.4 is 11.3 Å². The summed E-state index contributed by atoms with van der Waals surface area (Å²) >= 11 is 0. The molecule has 0 aliphatic carbocycles. The molecule has 0 unspecified atom stereocenters. The summed E-state index contributed by atoms with van der Waals surface area (Å²) in [7, 11) is 0. The van der Waals surface area contributed by atoms with Crippen LogP contribution >= 0.6 is 0 Å². The van der Waals surface area contributed by atoms with Crippen LogP contribution in [0.2, 0.25) is 0 Å². The molecular weight excluding hydrogens is 332 g/mol. The van der Waals surface area contributed by atoms with Crippen LogP contribution in [0.4, 0.5) is 0 Å². The first-order valence-electron chi connectivity index (χ1n) is 8.47. The van der Waals surface area contributed by atoms with E-state index in [0.717, 1.165) is 43.8 Å². The minimum atomic E-state index is -0.710. The highest BCUT2D eigenvalue weighted by Crippen LogP contribution is 2.23. The smallest absolute Gasteiger partial charge is 0.265 e. The second-order valence-electron chi connectivity index (χ2n) is 6.39. The molecule has 1 radical (unpaired) electrons. The zero-order chi connectivity index (χ0) is 18.1. The van der Waals surface area contributed by atoms with Gasteiger partial charge in [0.05, 0.1) is 24.5 Å². The van der Waals surface area contributed by atoms with E-state index in [2.05, 4.69) is 33.1 Å². The Hall–Kier alpha value is -2.90. The van der Waals surface area contributed by atoms with Crippen LogP contribution in [-0.4, -0.2) is 47.1 Å². The van der Waals surface area contributed by atoms with Gasteiger partial charge in [-0.2, -0.15) is 0 Å². The molecule has 3 heterocycles. The molecule has 4 N–H and O–H groups in total. The number of nitrogens with zero attached hydrogens (tertiary/aromatic N) is 1. The Balaban J connectivity index is 1.63. The number of hydrogen-bond donors (Lipinski definition) is 3. The van der Waals surface area contributed by atoms with Gasteiger partial charge in [0, 0.05) is 36.6 Å². The molecule has 1 fully saturated rings. The Morgan fingerprint density at radius 2 is 2.04 bits per heavy atom. The third-order valence-electron chi connectivity index (χ3n) is 4.58. The van der Waals surface area contributed by atoms with Crippen LogP contribution in [0, 0.1) is 6.07 Å². The number of nitrogens with two attached hydrogens (primary N) is 1. The van der Waals surface area contributed by atoms with Crippen LogP contribution in [-0.2, 0) is 11.3 Å². The fraction of sp³-hybridized carbons (Fsp3) is 0.263. The Morgan fingerprint density at radius 3 is 2.77 bits per heavy atom. The lowest BCUT2D eigenvalue weighted by Gasteiger charge is -2.26. The minimum Gasteiger partial charge on any atom is -0.379 e. The maximum absolute atomic E-state index is 12.2. The minimum absolute atomic E-state index is 0.0253. The zero-order valence-corrected chi connectivity index (χ0v) is 14.2. The fourth-order valence-electron chi connectivity index (χ4n) is 3.20. The van der Waals surface area contributed by atoms with Crippen molar-refractivity contribution in [1.29, 1.82) is 0 Å². The number of nitrogens with one attached hydrogen (secondary N) is 2. The van der Waals surface area contributed by atoms with Gasteiger partial charge in [-0.15, -0.1) is 0 Å². The van der Waals surface area contributed by atoms with Crippen LogP contribution in [0.1, 0.15) is 16.1 Å². The van der Waals surface area contributed by atoms with Gasteiger partial charge >= 0.3 is 0 Å². The van der Waals surface area contributed by atoms with E-state index in [1.807, 2.05) is 12.1 Å². The van der Waals surface area contributed by atoms with E-state index in [1.165, 1.54) is 11.6 Å². The van der Waals surface area contributed by atoms with E-state index in [9.17, 15) is 9.59 Å². The van der Waals surface area contributed by atoms with E-state index >= 15 is 0 Å². The highest BCUT2D eigenvalue weighted by Gasteiger charge is 2.13. The number of morpholine rings is 1. The quantitative estimate of drug-likeness (QED) is 0.658. The number of rotatable bonds is 4. The van der Waals surface area contributed by atoms with E-state index in [-0.39, 0.29) is 11.3 Å². The van der Waals surface area contributed by atoms with E-state index in [4.69, 9.17) is 10.5 Å². The number of aromatic amines is 2. The van der Waals surface area contributed by atoms with E-state index in [0.29, 0.717) is 11.3 Å². The molecule has 1 aromatic carbocycles. The molecule has 1 aliphatic rings. The summed E-state index contributed by atoms with van der Waals surface area (Å²) in [6, 6.07) is 12.4. The van der Waals surface area contributed by atoms with Crippen molar-refractivity contribution >= 4 is 16.8 Å². The lowest BCUT2D eigenvalue weighted by atomic mass is 10.1. The SMILES string of the molecule is NC(=O)c1[c]cc(-c2cc3cc(CN4CCOCC4)ccc3[nH]2)c(=O)[nH]1. The lowest BCUT2D eigenvalue weighted by molar-refractivity contribution is 0.0342. The van der Waals surface area contributed by atoms with Crippen LogP contribution in [0.25, 0.3) is 22.2 Å². The van der Waals surface area contributed by atoms with Gasteiger partial charge in [0.1, 0.15) is 5.69 Å². The number of amides is 1. The van der Waals surface area contributed by atoms with E-state index < -0.39 is 5.91 Å². The number of fused-ring (bicyclic) bond motifs is 1. The average molecular weight is 351 g/mol. The summed E-state index contributed by atoms with van der Waals surface area (Å²) in [5.74, 6) is -0.710. The van der Waals surface area contributed by atoms with Gasteiger partial charge < -0.3 is 20.4 Å². The number of aromatic nitrogens is 2. The van der Waals surface area contributed by atoms with Gasteiger partial charge in [0.15, 0.2) is 0 Å². The molecule has 0 saturated carbocycles. The fourth-order valence-corrected chi connectivity index (χ4v) is 3.20. The van der Waals surface area contributed by atoms with Crippen molar-refractivity contribution in [2.24, 2.45) is 5.73 Å². The van der Waals surface area contributed by atoms with Crippen molar-refractivity contribution in [2.45, 2.75) is 6.54 Å². The van der Waals surface area contributed by atoms with Crippen molar-refractivity contribution < 1.29 is 9.53 Å². The third-order valence-corrected chi connectivity index (χ3v) is 4.58. The molecule has 133 valence electrons. The summed E-state index contributed by atoms with van der Waals surface area (Å²) < 4.78 is 5.38. The van der Waals surface area contributed by atoms with Crippen molar-refractivity contribution in [3.63, 3.8) is 0 Å². The summed E-state index contributed by atoms with van der Waals surface area (Å²) in [4.78, 5) is 31.4. The summed E-state index contributed by atoms with van der Waals surface area (Å²) in [5, 5.41) is 1.03. The molecule has 0 bridgehead atoms. The molecule has 1 aliphatic heterocycles. The molecule has 26 heavy (non-hydrogen) atoms. The van der Waals surface area contributed by atoms with Gasteiger partial charge in [-0.25, -0.2) is 0 Å². The highest BCUT2D eigenvalue weighted by molar-refractivity contribution is 5.91. The second-order valence-corrected chi connectivity index (χ2v) is 6.39. The number of primary amides is 1. The summed E-state index contributed by atoms with van der Waals surface area (Å²) in [6.45, 7) is 4.30. The first-order valence-corrected chi connectivity index (χ1v) is 8.47. The Kier molecular flexibility index (Phi) is 4.32. The van der Waals surface area contributed by atoms with Crippen LogP contribution in [0.5, 0.6) is 0 Å². The standard InChI is InChI=1S/C19H19N4O3/c20-18(24)16-4-2-14(19(25)22-16)17-10-13-9-12(1-3-15(13)21-17)11-23-5-7-26-8-6-23/h1-3,9-10,21H,5-8,11H2,(H2,20,24)(H,22,25). The molecule has 0 spiro atoms. The normalized spacial score (nSPS) is 15.4. The Labute approximate surface area is 149 Å². The van der Waals surface area contributed by atoms with Crippen molar-refractivity contribution in [3.8, 4) is 11.3 Å². The van der Waals surface area contributed by atoms with Crippen LogP contribution in [0.15, 0.2) is 35.1 Å². The van der Waals surface area contributed by atoms with Gasteiger partial charge in [-0.1, -0.05) is 6.07 Å². The lowest BCUT2D eigenvalue weighted by Crippen LogP contribution is -2.35. The number of hydrogen-bond acceptors (Lipinski definition) is 4. The van der Waals surface area contributed by atoms with Gasteiger partial charge in [0.25, 0.3) is 11.5 Å². The van der Waals surface area contributed by atoms with Crippen molar-refractivity contribution in [3.05, 3.63) is 58.0 Å². The van der Waals surface area contributed by atoms with Crippen LogP contribution in [0.3, 0.4) is 0 Å². The number of carbonyl (C=O) groups excluding carboxylic acids is 1. The summed E-state index contributed by atoms with van der Waals surface area (Å²) in [6.07, 6.45) is 0. The largest absolute Gasteiger partial charge is 0.379 e. The number of benzene rings is 1. The topological polar surface area (TPSA) is 104 Å². The second kappa shape index (κ2) is 6.78. The molecule has 1 saturated heterocycles. The van der Waals surface area contributed by atoms with Gasteiger partial charge in [-0.05, 0) is 29.8 Å². The number of ether oxygens (including phenoxy) is 1. The summed E-state index contributed by atoms with van der Waals surface area (Å²) in [5.41, 5.74) is 8.02.